The number of hydrogen-bond donors (Lipinski definition) is 1. The average molecular weight is 295 g/mol. The molecular formula is C19H38N2. The van der Waals surface area contributed by atoms with Gasteiger partial charge in [0.05, 0.1) is 0 Å². The number of hydrogen-bond acceptors (Lipinski definition) is 2. The molecule has 21 heavy (non-hydrogen) atoms. The van der Waals surface area contributed by atoms with E-state index in [1.54, 1.807) is 0 Å². The molecule has 1 atom stereocenters. The molecule has 0 amide bonds. The molecule has 2 aliphatic rings. The molecule has 0 aromatic rings. The summed E-state index contributed by atoms with van der Waals surface area (Å²) >= 11 is 0. The lowest BCUT2D eigenvalue weighted by Gasteiger charge is -2.41. The minimum atomic E-state index is 0.505. The van der Waals surface area contributed by atoms with E-state index in [9.17, 15) is 0 Å². The van der Waals surface area contributed by atoms with Crippen molar-refractivity contribution in [1.29, 1.82) is 0 Å². The molecule has 2 fully saturated rings. The van der Waals surface area contributed by atoms with Crippen LogP contribution in [0, 0.1) is 17.3 Å². The Morgan fingerprint density at radius 3 is 2.33 bits per heavy atom. The minimum absolute atomic E-state index is 0.505. The van der Waals surface area contributed by atoms with Gasteiger partial charge in [-0.05, 0) is 68.9 Å². The van der Waals surface area contributed by atoms with Crippen molar-refractivity contribution in [2.75, 3.05) is 19.6 Å². The second-order valence-corrected chi connectivity index (χ2v) is 9.00. The van der Waals surface area contributed by atoms with E-state index in [0.29, 0.717) is 11.5 Å². The van der Waals surface area contributed by atoms with E-state index in [1.165, 1.54) is 58.2 Å². The van der Waals surface area contributed by atoms with Crippen molar-refractivity contribution in [3.05, 3.63) is 0 Å². The SMILES string of the molecule is CC(C)CC1CN(C2CCC(C(C)(C)C)CC2)CCCN1. The van der Waals surface area contributed by atoms with Gasteiger partial charge in [0.25, 0.3) is 0 Å². The fraction of sp³-hybridized carbons (Fsp3) is 1.00. The molecule has 0 aromatic carbocycles. The molecule has 1 heterocycles. The Hall–Kier alpha value is -0.0800. The maximum Gasteiger partial charge on any atom is 0.0197 e. The topological polar surface area (TPSA) is 15.3 Å². The first-order valence-electron chi connectivity index (χ1n) is 9.33. The standard InChI is InChI=1S/C19H38N2/c1-15(2)13-17-14-21(12-6-11-20-17)18-9-7-16(8-10-18)19(3,4)5/h15-18,20H,6-14H2,1-5H3. The van der Waals surface area contributed by atoms with Crippen LogP contribution < -0.4 is 5.32 Å². The summed E-state index contributed by atoms with van der Waals surface area (Å²) in [6.45, 7) is 15.8. The van der Waals surface area contributed by atoms with Gasteiger partial charge in [0.1, 0.15) is 0 Å². The van der Waals surface area contributed by atoms with Crippen molar-refractivity contribution in [2.24, 2.45) is 17.3 Å². The van der Waals surface area contributed by atoms with E-state index in [1.807, 2.05) is 0 Å². The molecule has 1 unspecified atom stereocenters. The molecular weight excluding hydrogens is 256 g/mol. The third-order valence-corrected chi connectivity index (χ3v) is 5.70. The van der Waals surface area contributed by atoms with Crippen molar-refractivity contribution >= 4 is 0 Å². The summed E-state index contributed by atoms with van der Waals surface area (Å²) in [4.78, 5) is 2.83. The molecule has 1 aliphatic heterocycles. The highest BCUT2D eigenvalue weighted by Gasteiger charge is 2.33. The summed E-state index contributed by atoms with van der Waals surface area (Å²) in [5, 5.41) is 3.77. The molecule has 0 aromatic heterocycles. The van der Waals surface area contributed by atoms with Crippen LogP contribution in [0.15, 0.2) is 0 Å². The van der Waals surface area contributed by atoms with Crippen molar-refractivity contribution in [1.82, 2.24) is 10.2 Å². The van der Waals surface area contributed by atoms with Gasteiger partial charge in [0, 0.05) is 18.6 Å². The number of nitrogens with zero attached hydrogens (tertiary/aromatic N) is 1. The van der Waals surface area contributed by atoms with Gasteiger partial charge in [-0.1, -0.05) is 34.6 Å². The van der Waals surface area contributed by atoms with Crippen molar-refractivity contribution in [3.63, 3.8) is 0 Å². The third kappa shape index (κ3) is 5.25. The van der Waals surface area contributed by atoms with Gasteiger partial charge in [0.2, 0.25) is 0 Å². The maximum absolute atomic E-state index is 3.77. The molecule has 2 nitrogen and oxygen atoms in total. The maximum atomic E-state index is 3.77. The predicted molar refractivity (Wildman–Crippen MR) is 92.6 cm³/mol. The minimum Gasteiger partial charge on any atom is -0.313 e. The van der Waals surface area contributed by atoms with Crippen LogP contribution in [0.1, 0.15) is 73.1 Å². The van der Waals surface area contributed by atoms with Gasteiger partial charge in [-0.3, -0.25) is 4.90 Å². The van der Waals surface area contributed by atoms with Gasteiger partial charge in [-0.2, -0.15) is 0 Å². The summed E-state index contributed by atoms with van der Waals surface area (Å²) in [5.41, 5.74) is 0.505. The Morgan fingerprint density at radius 2 is 1.76 bits per heavy atom. The molecule has 1 N–H and O–H groups in total. The summed E-state index contributed by atoms with van der Waals surface area (Å²) in [6, 6.07) is 1.58. The first kappa shape index (κ1) is 17.3. The van der Waals surface area contributed by atoms with Crippen molar-refractivity contribution < 1.29 is 0 Å². The van der Waals surface area contributed by atoms with Crippen LogP contribution in [0.5, 0.6) is 0 Å². The van der Waals surface area contributed by atoms with E-state index in [2.05, 4.69) is 44.8 Å². The molecule has 0 bridgehead atoms. The van der Waals surface area contributed by atoms with Gasteiger partial charge in [-0.25, -0.2) is 0 Å². The van der Waals surface area contributed by atoms with Crippen LogP contribution in [0.3, 0.4) is 0 Å². The lowest BCUT2D eigenvalue weighted by Crippen LogP contribution is -2.45. The van der Waals surface area contributed by atoms with E-state index in [4.69, 9.17) is 0 Å². The van der Waals surface area contributed by atoms with Crippen LogP contribution in [0.4, 0.5) is 0 Å². The second kappa shape index (κ2) is 7.46. The molecule has 2 heteroatoms. The lowest BCUT2D eigenvalue weighted by molar-refractivity contribution is 0.0929. The molecule has 1 aliphatic carbocycles. The Morgan fingerprint density at radius 1 is 1.10 bits per heavy atom. The molecule has 0 radical (unpaired) electrons. The van der Waals surface area contributed by atoms with Crippen molar-refractivity contribution in [2.45, 2.75) is 85.2 Å². The van der Waals surface area contributed by atoms with Crippen LogP contribution in [0.2, 0.25) is 0 Å². The van der Waals surface area contributed by atoms with E-state index in [-0.39, 0.29) is 0 Å². The number of nitrogens with one attached hydrogen (secondary N) is 1. The molecule has 2 rings (SSSR count). The Labute approximate surface area is 133 Å². The smallest absolute Gasteiger partial charge is 0.0197 e. The van der Waals surface area contributed by atoms with Gasteiger partial charge < -0.3 is 5.32 Å². The largest absolute Gasteiger partial charge is 0.313 e. The zero-order valence-corrected chi connectivity index (χ0v) is 15.1. The molecule has 0 spiro atoms. The van der Waals surface area contributed by atoms with Crippen LogP contribution in [-0.4, -0.2) is 36.6 Å². The van der Waals surface area contributed by atoms with Gasteiger partial charge in [-0.15, -0.1) is 0 Å². The first-order valence-corrected chi connectivity index (χ1v) is 9.33. The van der Waals surface area contributed by atoms with Gasteiger partial charge in [0.15, 0.2) is 0 Å². The van der Waals surface area contributed by atoms with Crippen LogP contribution in [-0.2, 0) is 0 Å². The zero-order chi connectivity index (χ0) is 15.5. The second-order valence-electron chi connectivity index (χ2n) is 9.00. The van der Waals surface area contributed by atoms with E-state index in [0.717, 1.165) is 17.9 Å². The predicted octanol–water partition coefficient (Wildman–Crippen LogP) is 4.30. The number of rotatable bonds is 3. The Balaban J connectivity index is 1.86. The van der Waals surface area contributed by atoms with Crippen LogP contribution in [0.25, 0.3) is 0 Å². The summed E-state index contributed by atoms with van der Waals surface area (Å²) < 4.78 is 0. The molecule has 1 saturated carbocycles. The van der Waals surface area contributed by atoms with Gasteiger partial charge >= 0.3 is 0 Å². The Kier molecular flexibility index (Phi) is 6.14. The summed E-state index contributed by atoms with van der Waals surface area (Å²) in [6.07, 6.45) is 8.38. The Bertz CT molecular complexity index is 297. The monoisotopic (exact) mass is 294 g/mol. The third-order valence-electron chi connectivity index (χ3n) is 5.70. The highest BCUT2D eigenvalue weighted by molar-refractivity contribution is 4.87. The van der Waals surface area contributed by atoms with E-state index < -0.39 is 0 Å². The highest BCUT2D eigenvalue weighted by atomic mass is 15.2. The average Bonchev–Trinajstić information content (AvgIpc) is 2.63. The summed E-state index contributed by atoms with van der Waals surface area (Å²) in [7, 11) is 0. The quantitative estimate of drug-likeness (QED) is 0.835. The normalized spacial score (nSPS) is 33.1. The molecule has 124 valence electrons. The highest BCUT2D eigenvalue weighted by Crippen LogP contribution is 2.39. The lowest BCUT2D eigenvalue weighted by atomic mass is 9.71. The fourth-order valence-electron chi connectivity index (χ4n) is 4.39. The first-order chi connectivity index (χ1) is 9.86. The summed E-state index contributed by atoms with van der Waals surface area (Å²) in [5.74, 6) is 1.74. The zero-order valence-electron chi connectivity index (χ0n) is 15.1. The van der Waals surface area contributed by atoms with Crippen molar-refractivity contribution in [3.8, 4) is 0 Å². The van der Waals surface area contributed by atoms with E-state index >= 15 is 0 Å². The van der Waals surface area contributed by atoms with Crippen LogP contribution >= 0.6 is 0 Å². The fourth-order valence-corrected chi connectivity index (χ4v) is 4.39. The molecule has 1 saturated heterocycles.